The van der Waals surface area contributed by atoms with Gasteiger partial charge in [-0.3, -0.25) is 9.13 Å². The maximum atomic E-state index is 12.2. The number of phosphoric ester groups is 1. The molecule has 1 aromatic carbocycles. The topological polar surface area (TPSA) is 230 Å². The van der Waals surface area contributed by atoms with Crippen molar-refractivity contribution < 1.29 is 107 Å². The predicted octanol–water partition coefficient (Wildman–Crippen LogP) is -7.80. The molecule has 1 fully saturated rings. The van der Waals surface area contributed by atoms with Gasteiger partial charge in [0.25, 0.3) is 7.82 Å². The first-order valence-corrected chi connectivity index (χ1v) is 12.1. The van der Waals surface area contributed by atoms with Crippen molar-refractivity contribution in [3.8, 4) is 0 Å². The largest absolute Gasteiger partial charge is 1.00 e. The van der Waals surface area contributed by atoms with Crippen molar-refractivity contribution in [3.05, 3.63) is 58.6 Å². The number of aromatic nitrogens is 2. The van der Waals surface area contributed by atoms with Gasteiger partial charge in [0.1, 0.15) is 24.1 Å². The normalized spacial score (nSPS) is 26.4. The number of hydrogen-bond donors (Lipinski definition) is 4. The molecule has 34 heavy (non-hydrogen) atoms. The second kappa shape index (κ2) is 13.0. The molecule has 0 bridgehead atoms. The van der Waals surface area contributed by atoms with Crippen LogP contribution in [0.3, 0.4) is 0 Å². The SMILES string of the molecule is Nc1ccn([C@@H]2O[C@H](COP(=O)([O-])O[C@H](c3ccccc3)P(=O)([O-])O)[C@@H](O)[C@H]2O)c(=O)n1.[Na+].[Na+]. The third-order valence-electron chi connectivity index (χ3n) is 4.47. The number of nitrogen functional groups attached to an aromatic ring is 1. The van der Waals surface area contributed by atoms with Gasteiger partial charge in [0, 0.05) is 6.20 Å². The second-order valence-corrected chi connectivity index (χ2v) is 9.72. The molecule has 1 aromatic heterocycles. The van der Waals surface area contributed by atoms with E-state index in [2.05, 4.69) is 14.0 Å². The van der Waals surface area contributed by atoms with E-state index in [-0.39, 0.29) is 70.5 Å². The van der Waals surface area contributed by atoms with E-state index in [1.165, 1.54) is 36.4 Å². The Hall–Kier alpha value is 0.0400. The fraction of sp³-hybridized carbons (Fsp3) is 0.375. The van der Waals surface area contributed by atoms with Crippen LogP contribution in [-0.2, 0) is 22.9 Å². The minimum Gasteiger partial charge on any atom is -0.777 e. The van der Waals surface area contributed by atoms with Crippen molar-refractivity contribution in [3.63, 3.8) is 0 Å². The zero-order valence-electron chi connectivity index (χ0n) is 18.1. The average Bonchev–Trinajstić information content (AvgIpc) is 2.99. The van der Waals surface area contributed by atoms with Gasteiger partial charge in [0.15, 0.2) is 19.7 Å². The van der Waals surface area contributed by atoms with Gasteiger partial charge in [-0.15, -0.1) is 0 Å². The number of hydrogen-bond acceptors (Lipinski definition) is 12. The summed E-state index contributed by atoms with van der Waals surface area (Å²) in [5.41, 5.74) is 4.33. The standard InChI is InChI=1S/C16H21N3O11P2.2Na/c17-11-6-7-19(16(22)18-11)14-13(21)12(20)10(29-14)8-28-32(26,27)30-15(31(23,24)25)9-4-2-1-3-5-9;;/h1-7,10,12-15,20-21H,8H2,(H,26,27)(H2,17,18,22)(H2,23,24,25);;/q;2*+1/p-2/t10-,12-,13-,14-,15+;;/m1../s1. The molecule has 0 saturated carbocycles. The summed E-state index contributed by atoms with van der Waals surface area (Å²) >= 11 is 0. The van der Waals surface area contributed by atoms with E-state index in [1.807, 2.05) is 0 Å². The van der Waals surface area contributed by atoms with Gasteiger partial charge in [-0.1, -0.05) is 30.3 Å². The van der Waals surface area contributed by atoms with Crippen LogP contribution in [0.1, 0.15) is 17.6 Å². The molecule has 14 nitrogen and oxygen atoms in total. The summed E-state index contributed by atoms with van der Waals surface area (Å²) in [5, 5.41) is 20.3. The summed E-state index contributed by atoms with van der Waals surface area (Å²) in [4.78, 5) is 48.6. The summed E-state index contributed by atoms with van der Waals surface area (Å²) < 4.78 is 39.1. The molecule has 3 rings (SSSR count). The molecule has 2 aromatic rings. The quantitative estimate of drug-likeness (QED) is 0.181. The van der Waals surface area contributed by atoms with E-state index < -0.39 is 58.1 Å². The molecule has 0 amide bonds. The third kappa shape index (κ3) is 8.02. The van der Waals surface area contributed by atoms with E-state index in [1.54, 1.807) is 0 Å². The molecule has 1 aliphatic rings. The number of benzene rings is 1. The Morgan fingerprint density at radius 3 is 2.32 bits per heavy atom. The van der Waals surface area contributed by atoms with Crippen LogP contribution in [0.4, 0.5) is 5.82 Å². The Labute approximate surface area is 237 Å². The molecule has 1 saturated heterocycles. The number of aliphatic hydroxyl groups is 2. The molecule has 0 aliphatic carbocycles. The number of rotatable bonds is 8. The van der Waals surface area contributed by atoms with Crippen LogP contribution >= 0.6 is 15.4 Å². The minimum absolute atomic E-state index is 0. The van der Waals surface area contributed by atoms with E-state index in [0.717, 1.165) is 10.8 Å². The Bertz CT molecular complexity index is 1100. The van der Waals surface area contributed by atoms with Gasteiger partial charge in [0.2, 0.25) is 0 Å². The van der Waals surface area contributed by atoms with Crippen molar-refractivity contribution in [1.29, 1.82) is 0 Å². The maximum absolute atomic E-state index is 12.2. The number of anilines is 1. The predicted molar refractivity (Wildman–Crippen MR) is 102 cm³/mol. The van der Waals surface area contributed by atoms with Crippen molar-refractivity contribution in [2.24, 2.45) is 0 Å². The summed E-state index contributed by atoms with van der Waals surface area (Å²) in [5.74, 6) is -2.35. The van der Waals surface area contributed by atoms with Gasteiger partial charge in [0.05, 0.1) is 6.61 Å². The molecule has 1 aliphatic heterocycles. The van der Waals surface area contributed by atoms with Crippen molar-refractivity contribution >= 4 is 21.2 Å². The van der Waals surface area contributed by atoms with E-state index in [4.69, 9.17) is 10.5 Å². The summed E-state index contributed by atoms with van der Waals surface area (Å²) in [6.45, 7) is -0.900. The van der Waals surface area contributed by atoms with Crippen LogP contribution in [0, 0.1) is 0 Å². The minimum atomic E-state index is -5.37. The van der Waals surface area contributed by atoms with Gasteiger partial charge < -0.3 is 49.0 Å². The zero-order valence-corrected chi connectivity index (χ0v) is 23.9. The maximum Gasteiger partial charge on any atom is 1.00 e. The Morgan fingerprint density at radius 1 is 1.15 bits per heavy atom. The van der Waals surface area contributed by atoms with Crippen LogP contribution < -0.4 is 80.3 Å². The van der Waals surface area contributed by atoms with Crippen LogP contribution in [0.15, 0.2) is 47.4 Å². The van der Waals surface area contributed by atoms with Gasteiger partial charge in [-0.25, -0.2) is 4.79 Å². The zero-order chi connectivity index (χ0) is 23.7. The van der Waals surface area contributed by atoms with Crippen LogP contribution in [0.25, 0.3) is 0 Å². The average molecular weight is 537 g/mol. The third-order valence-corrected chi connectivity index (χ3v) is 6.57. The molecule has 7 atom stereocenters. The molecule has 5 N–H and O–H groups in total. The van der Waals surface area contributed by atoms with Gasteiger partial charge in [-0.05, 0) is 11.6 Å². The molecular formula is C16H19N3Na2O11P2. The molecular weight excluding hydrogens is 518 g/mol. The Kier molecular flexibility index (Phi) is 12.3. The molecule has 0 radical (unpaired) electrons. The van der Waals surface area contributed by atoms with Crippen LogP contribution in [0.5, 0.6) is 0 Å². The van der Waals surface area contributed by atoms with Crippen LogP contribution in [-0.4, -0.2) is 49.6 Å². The van der Waals surface area contributed by atoms with Crippen molar-refractivity contribution in [2.75, 3.05) is 12.3 Å². The van der Waals surface area contributed by atoms with E-state index in [0.29, 0.717) is 0 Å². The van der Waals surface area contributed by atoms with Crippen molar-refractivity contribution in [1.82, 2.24) is 9.55 Å². The first-order valence-electron chi connectivity index (χ1n) is 8.98. The van der Waals surface area contributed by atoms with E-state index >= 15 is 0 Å². The van der Waals surface area contributed by atoms with Gasteiger partial charge >= 0.3 is 64.8 Å². The monoisotopic (exact) mass is 537 g/mol. The van der Waals surface area contributed by atoms with Crippen molar-refractivity contribution in [2.45, 2.75) is 30.4 Å². The second-order valence-electron chi connectivity index (χ2n) is 6.76. The van der Waals surface area contributed by atoms with E-state index in [9.17, 15) is 38.8 Å². The first-order chi connectivity index (χ1) is 14.9. The summed E-state index contributed by atoms with van der Waals surface area (Å²) in [6, 6.07) is 8.01. The van der Waals surface area contributed by atoms with Gasteiger partial charge in [-0.2, -0.15) is 4.98 Å². The molecule has 176 valence electrons. The fourth-order valence-electron chi connectivity index (χ4n) is 2.96. The number of nitrogens with zero attached hydrogens (tertiary/aromatic N) is 2. The molecule has 18 heteroatoms. The Morgan fingerprint density at radius 2 is 1.76 bits per heavy atom. The molecule has 2 unspecified atom stereocenters. The smallest absolute Gasteiger partial charge is 0.777 e. The first kappa shape index (κ1) is 32.1. The molecule has 0 spiro atoms. The number of nitrogens with two attached hydrogens (primary N) is 1. The fourth-order valence-corrected chi connectivity index (χ4v) is 5.09. The number of aliphatic hydroxyl groups excluding tert-OH is 2. The molecule has 2 heterocycles. The Balaban J connectivity index is 0.00000289. The summed E-state index contributed by atoms with van der Waals surface area (Å²) in [6.07, 6.45) is -5.06. The number of ether oxygens (including phenoxy) is 1. The van der Waals surface area contributed by atoms with Crippen LogP contribution in [0.2, 0.25) is 0 Å². The number of phosphoric acid groups is 1. The summed E-state index contributed by atoms with van der Waals surface area (Å²) in [7, 11) is -10.7.